The summed E-state index contributed by atoms with van der Waals surface area (Å²) in [4.78, 5) is 23.3. The summed E-state index contributed by atoms with van der Waals surface area (Å²) in [6, 6.07) is 8.46. The topological polar surface area (TPSA) is 97.9 Å². The van der Waals surface area contributed by atoms with Gasteiger partial charge in [-0.05, 0) is 71.9 Å². The summed E-state index contributed by atoms with van der Waals surface area (Å²) in [5.74, 6) is 0.607. The van der Waals surface area contributed by atoms with E-state index < -0.39 is 10.0 Å². The molecule has 0 radical (unpaired) electrons. The Morgan fingerprint density at radius 2 is 1.79 bits per heavy atom. The Hall–Kier alpha value is -2.69. The first-order valence-electron chi connectivity index (χ1n) is 11.7. The third kappa shape index (κ3) is 4.89. The summed E-state index contributed by atoms with van der Waals surface area (Å²) in [7, 11) is 0.178. The van der Waals surface area contributed by atoms with Crippen LogP contribution in [0.3, 0.4) is 0 Å². The van der Waals surface area contributed by atoms with Crippen molar-refractivity contribution in [1.82, 2.24) is 14.6 Å². The number of sulfonamides is 1. The average molecular weight is 487 g/mol. The maximum atomic E-state index is 13.0. The van der Waals surface area contributed by atoms with Gasteiger partial charge < -0.3 is 20.0 Å². The largest absolute Gasteiger partial charge is 0.355 e. The molecule has 1 fully saturated rings. The highest BCUT2D eigenvalue weighted by Gasteiger charge is 2.35. The molecule has 0 bridgehead atoms. The summed E-state index contributed by atoms with van der Waals surface area (Å²) in [5, 5.41) is 3.24. The van der Waals surface area contributed by atoms with Gasteiger partial charge in [-0.15, -0.1) is 0 Å². The lowest BCUT2D eigenvalue weighted by Gasteiger charge is -2.42. The fourth-order valence-corrected chi connectivity index (χ4v) is 6.08. The molecule has 2 N–H and O–H groups in total. The van der Waals surface area contributed by atoms with E-state index in [0.717, 1.165) is 37.3 Å². The molecule has 34 heavy (non-hydrogen) atoms. The van der Waals surface area contributed by atoms with Gasteiger partial charge in [-0.1, -0.05) is 6.07 Å². The molecule has 2 aliphatic rings. The van der Waals surface area contributed by atoms with Gasteiger partial charge in [0.2, 0.25) is 15.9 Å². The Bertz CT molecular complexity index is 1160. The molecule has 9 nitrogen and oxygen atoms in total. The number of aromatic nitrogens is 1. The molecule has 1 aromatic heterocycles. The number of hydrogen-bond acceptors (Lipinski definition) is 7. The molecule has 0 saturated carbocycles. The number of pyridine rings is 1. The number of rotatable bonds is 6. The second kappa shape index (κ2) is 9.52. The maximum Gasteiger partial charge on any atom is 0.249 e. The molecule has 0 aliphatic carbocycles. The first kappa shape index (κ1) is 24.4. The molecule has 1 saturated heterocycles. The Morgan fingerprint density at radius 3 is 2.47 bits per heavy atom. The summed E-state index contributed by atoms with van der Waals surface area (Å²) in [5.41, 5.74) is 2.29. The first-order valence-corrected chi connectivity index (χ1v) is 13.2. The standard InChI is InChI=1S/C24H34N6O3S/c1-16(2)30-17(3)24(31)29(5)22-15-25-23(14-21(22)30)26-19-7-6-8-20(13-19)34(32,33)27-18-9-11-28(4)12-10-18/h6-8,13-18,27H,9-12H2,1-5H3,(H,25,26). The second-order valence-electron chi connectivity index (χ2n) is 9.48. The van der Waals surface area contributed by atoms with Crippen LogP contribution in [0, 0.1) is 0 Å². The fourth-order valence-electron chi connectivity index (χ4n) is 4.73. The van der Waals surface area contributed by atoms with Crippen LogP contribution >= 0.6 is 0 Å². The lowest BCUT2D eigenvalue weighted by Crippen LogP contribution is -2.53. The zero-order valence-corrected chi connectivity index (χ0v) is 21.3. The molecule has 3 heterocycles. The highest BCUT2D eigenvalue weighted by Crippen LogP contribution is 2.38. The number of likely N-dealkylation sites (tertiary alicyclic amines) is 1. The van der Waals surface area contributed by atoms with Crippen LogP contribution in [0.1, 0.15) is 33.6 Å². The van der Waals surface area contributed by atoms with Crippen LogP contribution in [0.15, 0.2) is 41.4 Å². The smallest absolute Gasteiger partial charge is 0.249 e. The van der Waals surface area contributed by atoms with E-state index in [2.05, 4.69) is 38.7 Å². The lowest BCUT2D eigenvalue weighted by molar-refractivity contribution is -0.119. The van der Waals surface area contributed by atoms with Crippen molar-refractivity contribution in [3.05, 3.63) is 36.5 Å². The molecular formula is C24H34N6O3S. The Morgan fingerprint density at radius 1 is 1.09 bits per heavy atom. The average Bonchev–Trinajstić information content (AvgIpc) is 2.79. The molecule has 0 spiro atoms. The molecule has 1 unspecified atom stereocenters. The van der Waals surface area contributed by atoms with E-state index in [1.165, 1.54) is 0 Å². The third-order valence-corrected chi connectivity index (χ3v) is 8.14. The number of anilines is 4. The van der Waals surface area contributed by atoms with Crippen molar-refractivity contribution in [3.63, 3.8) is 0 Å². The molecule has 2 aliphatic heterocycles. The fraction of sp³-hybridized carbons (Fsp3) is 0.500. The van der Waals surface area contributed by atoms with Crippen molar-refractivity contribution < 1.29 is 13.2 Å². The van der Waals surface area contributed by atoms with Crippen molar-refractivity contribution in [2.45, 2.75) is 56.6 Å². The van der Waals surface area contributed by atoms with Gasteiger partial charge in [0.15, 0.2) is 0 Å². The van der Waals surface area contributed by atoms with Crippen LogP contribution in [0.2, 0.25) is 0 Å². The summed E-state index contributed by atoms with van der Waals surface area (Å²) in [6.45, 7) is 7.77. The SMILES string of the molecule is CC(C)N1c2cc(Nc3cccc(S(=O)(=O)NC4CCN(C)CC4)c3)ncc2N(C)C(=O)C1C. The number of likely N-dealkylation sites (N-methyl/N-ethyl adjacent to an activating group) is 1. The molecule has 1 aromatic carbocycles. The Kier molecular flexibility index (Phi) is 6.84. The van der Waals surface area contributed by atoms with Crippen molar-refractivity contribution in [2.24, 2.45) is 0 Å². The summed E-state index contributed by atoms with van der Waals surface area (Å²) < 4.78 is 28.8. The number of nitrogens with zero attached hydrogens (tertiary/aromatic N) is 4. The number of carbonyl (C=O) groups is 1. The molecule has 10 heteroatoms. The number of hydrogen-bond donors (Lipinski definition) is 2. The van der Waals surface area contributed by atoms with Gasteiger partial charge in [0.1, 0.15) is 11.9 Å². The predicted octanol–water partition coefficient (Wildman–Crippen LogP) is 2.78. The van der Waals surface area contributed by atoms with Crippen molar-refractivity contribution in [3.8, 4) is 0 Å². The van der Waals surface area contributed by atoms with Crippen molar-refractivity contribution in [1.29, 1.82) is 0 Å². The second-order valence-corrected chi connectivity index (χ2v) is 11.2. The minimum Gasteiger partial charge on any atom is -0.355 e. The number of fused-ring (bicyclic) bond motifs is 1. The monoisotopic (exact) mass is 486 g/mol. The van der Waals surface area contributed by atoms with Gasteiger partial charge in [-0.25, -0.2) is 18.1 Å². The Balaban J connectivity index is 1.56. The molecule has 184 valence electrons. The first-order chi connectivity index (χ1) is 16.1. The molecule has 4 rings (SSSR count). The molecule has 1 amide bonds. The van der Waals surface area contributed by atoms with E-state index >= 15 is 0 Å². The lowest BCUT2D eigenvalue weighted by atomic mass is 10.1. The van der Waals surface area contributed by atoms with E-state index in [4.69, 9.17) is 0 Å². The highest BCUT2D eigenvalue weighted by molar-refractivity contribution is 7.89. The Labute approximate surface area is 202 Å². The van der Waals surface area contributed by atoms with Gasteiger partial charge in [-0.3, -0.25) is 4.79 Å². The van der Waals surface area contributed by atoms with E-state index in [1.54, 1.807) is 36.3 Å². The van der Waals surface area contributed by atoms with Gasteiger partial charge in [0.25, 0.3) is 0 Å². The minimum absolute atomic E-state index is 0.0266. The van der Waals surface area contributed by atoms with E-state index in [9.17, 15) is 13.2 Å². The van der Waals surface area contributed by atoms with Crippen LogP contribution in [0.5, 0.6) is 0 Å². The predicted molar refractivity (Wildman–Crippen MR) is 135 cm³/mol. The van der Waals surface area contributed by atoms with E-state index in [-0.39, 0.29) is 28.9 Å². The maximum absolute atomic E-state index is 13.0. The van der Waals surface area contributed by atoms with Crippen LogP contribution in [-0.4, -0.2) is 69.5 Å². The molecule has 2 aromatic rings. The highest BCUT2D eigenvalue weighted by atomic mass is 32.2. The van der Waals surface area contributed by atoms with Crippen LogP contribution in [-0.2, 0) is 14.8 Å². The third-order valence-electron chi connectivity index (χ3n) is 6.62. The van der Waals surface area contributed by atoms with E-state index in [0.29, 0.717) is 11.5 Å². The van der Waals surface area contributed by atoms with Crippen LogP contribution < -0.4 is 19.8 Å². The van der Waals surface area contributed by atoms with Crippen LogP contribution in [0.25, 0.3) is 0 Å². The normalized spacial score (nSPS) is 20.1. The zero-order valence-electron chi connectivity index (χ0n) is 20.4. The number of carbonyl (C=O) groups excluding carboxylic acids is 1. The molecular weight excluding hydrogens is 452 g/mol. The van der Waals surface area contributed by atoms with Gasteiger partial charge in [0.05, 0.1) is 22.5 Å². The number of benzene rings is 1. The number of piperidine rings is 1. The number of nitrogens with one attached hydrogen (secondary N) is 2. The van der Waals surface area contributed by atoms with Crippen LogP contribution in [0.4, 0.5) is 22.9 Å². The molecule has 1 atom stereocenters. The van der Waals surface area contributed by atoms with E-state index in [1.807, 2.05) is 26.1 Å². The zero-order chi connectivity index (χ0) is 24.6. The van der Waals surface area contributed by atoms with Gasteiger partial charge in [0, 0.05) is 30.9 Å². The minimum atomic E-state index is -3.63. The summed E-state index contributed by atoms with van der Waals surface area (Å²) in [6.07, 6.45) is 3.28. The van der Waals surface area contributed by atoms with Gasteiger partial charge in [-0.2, -0.15) is 0 Å². The van der Waals surface area contributed by atoms with Gasteiger partial charge >= 0.3 is 0 Å². The quantitative estimate of drug-likeness (QED) is 0.648. The van der Waals surface area contributed by atoms with Crippen molar-refractivity contribution in [2.75, 3.05) is 42.3 Å². The number of amides is 1. The summed E-state index contributed by atoms with van der Waals surface area (Å²) >= 11 is 0. The van der Waals surface area contributed by atoms with Crippen molar-refractivity contribution >= 4 is 38.8 Å².